The van der Waals surface area contributed by atoms with Crippen LogP contribution in [0, 0.1) is 13.8 Å². The molecule has 0 saturated heterocycles. The third kappa shape index (κ3) is 5.24. The molecule has 3 aromatic rings. The molecule has 0 saturated carbocycles. The van der Waals surface area contributed by atoms with Crippen LogP contribution in [0.3, 0.4) is 0 Å². The van der Waals surface area contributed by atoms with Crippen molar-refractivity contribution in [3.05, 3.63) is 79.7 Å². The molecule has 0 atom stereocenters. The normalized spacial score (nSPS) is 10.9. The van der Waals surface area contributed by atoms with E-state index >= 15 is 0 Å². The standard InChI is InChI=1S/C20H18BrN3O2S/c1-13-19(27-14(2)23-13)20(25)24-22-11-16-5-3-4-6-18(16)26-12-15-7-9-17(21)10-8-15/h3-11H,12H2,1-2H3,(H,24,25)/b22-11+. The van der Waals surface area contributed by atoms with E-state index in [1.807, 2.05) is 62.4 Å². The maximum atomic E-state index is 12.2. The van der Waals surface area contributed by atoms with Crippen molar-refractivity contribution in [1.29, 1.82) is 0 Å². The van der Waals surface area contributed by atoms with E-state index in [1.165, 1.54) is 11.3 Å². The smallest absolute Gasteiger partial charge is 0.283 e. The number of rotatable bonds is 6. The second kappa shape index (κ2) is 8.92. The molecule has 3 rings (SSSR count). The molecular weight excluding hydrogens is 426 g/mol. The third-order valence-corrected chi connectivity index (χ3v) is 5.31. The highest BCUT2D eigenvalue weighted by molar-refractivity contribution is 9.10. The fourth-order valence-electron chi connectivity index (χ4n) is 2.41. The molecule has 138 valence electrons. The molecule has 2 aromatic carbocycles. The average molecular weight is 444 g/mol. The summed E-state index contributed by atoms with van der Waals surface area (Å²) < 4.78 is 6.93. The second-order valence-corrected chi connectivity index (χ2v) is 7.92. The van der Waals surface area contributed by atoms with Gasteiger partial charge in [-0.1, -0.05) is 40.2 Å². The molecule has 27 heavy (non-hydrogen) atoms. The summed E-state index contributed by atoms with van der Waals surface area (Å²) in [5, 5.41) is 4.92. The SMILES string of the molecule is Cc1nc(C)c(C(=O)N/N=C/c2ccccc2OCc2ccc(Br)cc2)s1. The highest BCUT2D eigenvalue weighted by Gasteiger charge is 2.12. The van der Waals surface area contributed by atoms with Crippen LogP contribution in [-0.2, 0) is 6.61 Å². The maximum Gasteiger partial charge on any atom is 0.283 e. The Balaban J connectivity index is 1.64. The zero-order valence-corrected chi connectivity index (χ0v) is 17.3. The number of thiazole rings is 1. The molecule has 0 unspecified atom stereocenters. The molecule has 1 heterocycles. The number of hydrogen-bond acceptors (Lipinski definition) is 5. The molecule has 0 aliphatic rings. The Morgan fingerprint density at radius 1 is 1.22 bits per heavy atom. The first-order chi connectivity index (χ1) is 13.0. The first-order valence-electron chi connectivity index (χ1n) is 8.26. The lowest BCUT2D eigenvalue weighted by molar-refractivity contribution is 0.0958. The number of halogens is 1. The summed E-state index contributed by atoms with van der Waals surface area (Å²) in [5.41, 5.74) is 5.11. The Labute approximate surface area is 170 Å². The van der Waals surface area contributed by atoms with Crippen molar-refractivity contribution in [3.8, 4) is 5.75 Å². The van der Waals surface area contributed by atoms with Crippen LogP contribution in [0.25, 0.3) is 0 Å². The second-order valence-electron chi connectivity index (χ2n) is 5.80. The Bertz CT molecular complexity index is 968. The highest BCUT2D eigenvalue weighted by Crippen LogP contribution is 2.19. The van der Waals surface area contributed by atoms with E-state index in [0.29, 0.717) is 22.9 Å². The molecule has 7 heteroatoms. The van der Waals surface area contributed by atoms with Gasteiger partial charge in [-0.2, -0.15) is 5.10 Å². The first-order valence-corrected chi connectivity index (χ1v) is 9.87. The van der Waals surface area contributed by atoms with Gasteiger partial charge in [-0.05, 0) is 43.7 Å². The zero-order chi connectivity index (χ0) is 19.2. The van der Waals surface area contributed by atoms with E-state index in [0.717, 1.165) is 20.6 Å². The molecule has 0 spiro atoms. The fourth-order valence-corrected chi connectivity index (χ4v) is 3.49. The molecule has 1 aromatic heterocycles. The zero-order valence-electron chi connectivity index (χ0n) is 14.9. The summed E-state index contributed by atoms with van der Waals surface area (Å²) in [6.07, 6.45) is 1.58. The van der Waals surface area contributed by atoms with Crippen LogP contribution in [0.2, 0.25) is 0 Å². The molecule has 0 radical (unpaired) electrons. The van der Waals surface area contributed by atoms with Crippen molar-refractivity contribution in [2.24, 2.45) is 5.10 Å². The van der Waals surface area contributed by atoms with Crippen LogP contribution in [0.5, 0.6) is 5.75 Å². The van der Waals surface area contributed by atoms with Gasteiger partial charge >= 0.3 is 0 Å². The number of aryl methyl sites for hydroxylation is 2. The number of para-hydroxylation sites is 1. The Kier molecular flexibility index (Phi) is 6.36. The summed E-state index contributed by atoms with van der Waals surface area (Å²) in [6.45, 7) is 4.13. The first kappa shape index (κ1) is 19.3. The van der Waals surface area contributed by atoms with E-state index < -0.39 is 0 Å². The van der Waals surface area contributed by atoms with Gasteiger partial charge in [-0.25, -0.2) is 10.4 Å². The lowest BCUT2D eigenvalue weighted by Crippen LogP contribution is -2.17. The Morgan fingerprint density at radius 3 is 2.67 bits per heavy atom. The van der Waals surface area contributed by atoms with Gasteiger partial charge in [0, 0.05) is 10.0 Å². The van der Waals surface area contributed by atoms with Gasteiger partial charge in [0.1, 0.15) is 17.2 Å². The van der Waals surface area contributed by atoms with E-state index in [-0.39, 0.29) is 5.91 Å². The number of amides is 1. The monoisotopic (exact) mass is 443 g/mol. The summed E-state index contributed by atoms with van der Waals surface area (Å²) in [4.78, 5) is 17.0. The van der Waals surface area contributed by atoms with Crippen molar-refractivity contribution in [1.82, 2.24) is 10.4 Å². The topological polar surface area (TPSA) is 63.6 Å². The van der Waals surface area contributed by atoms with Crippen molar-refractivity contribution in [2.45, 2.75) is 20.5 Å². The van der Waals surface area contributed by atoms with E-state index in [4.69, 9.17) is 4.74 Å². The van der Waals surface area contributed by atoms with Gasteiger partial charge in [0.25, 0.3) is 5.91 Å². The molecule has 0 fully saturated rings. The van der Waals surface area contributed by atoms with Crippen molar-refractivity contribution >= 4 is 39.4 Å². The minimum absolute atomic E-state index is 0.261. The summed E-state index contributed by atoms with van der Waals surface area (Å²) in [6, 6.07) is 15.5. The number of nitrogens with zero attached hydrogens (tertiary/aromatic N) is 2. The van der Waals surface area contributed by atoms with Crippen molar-refractivity contribution < 1.29 is 9.53 Å². The largest absolute Gasteiger partial charge is 0.488 e. The van der Waals surface area contributed by atoms with Gasteiger partial charge in [-0.15, -0.1) is 11.3 Å². The lowest BCUT2D eigenvalue weighted by atomic mass is 10.2. The minimum atomic E-state index is -0.261. The number of nitrogens with one attached hydrogen (secondary N) is 1. The van der Waals surface area contributed by atoms with Crippen LogP contribution in [-0.4, -0.2) is 17.1 Å². The van der Waals surface area contributed by atoms with Crippen LogP contribution in [0.1, 0.15) is 31.5 Å². The van der Waals surface area contributed by atoms with Crippen molar-refractivity contribution in [2.75, 3.05) is 0 Å². The predicted molar refractivity (Wildman–Crippen MR) is 112 cm³/mol. The number of hydrazone groups is 1. The highest BCUT2D eigenvalue weighted by atomic mass is 79.9. The van der Waals surface area contributed by atoms with Gasteiger partial charge in [-0.3, -0.25) is 4.79 Å². The van der Waals surface area contributed by atoms with Crippen LogP contribution >= 0.6 is 27.3 Å². The predicted octanol–water partition coefficient (Wildman–Crippen LogP) is 4.87. The average Bonchev–Trinajstić information content (AvgIpc) is 3.00. The number of hydrogen-bond donors (Lipinski definition) is 1. The lowest BCUT2D eigenvalue weighted by Gasteiger charge is -2.09. The molecule has 1 N–H and O–H groups in total. The van der Waals surface area contributed by atoms with Crippen LogP contribution < -0.4 is 10.2 Å². The maximum absolute atomic E-state index is 12.2. The minimum Gasteiger partial charge on any atom is -0.488 e. The van der Waals surface area contributed by atoms with Gasteiger partial charge < -0.3 is 4.74 Å². The summed E-state index contributed by atoms with van der Waals surface area (Å²) in [7, 11) is 0. The number of ether oxygens (including phenoxy) is 1. The number of aromatic nitrogens is 1. The molecular formula is C20H18BrN3O2S. The Hall–Kier alpha value is -2.51. The number of benzene rings is 2. The molecule has 0 aliphatic carbocycles. The summed E-state index contributed by atoms with van der Waals surface area (Å²) in [5.74, 6) is 0.436. The van der Waals surface area contributed by atoms with Gasteiger partial charge in [0.05, 0.1) is 16.9 Å². The molecule has 0 bridgehead atoms. The van der Waals surface area contributed by atoms with E-state index in [2.05, 4.69) is 31.4 Å². The number of carbonyl (C=O) groups excluding carboxylic acids is 1. The summed E-state index contributed by atoms with van der Waals surface area (Å²) >= 11 is 4.77. The van der Waals surface area contributed by atoms with Crippen LogP contribution in [0.4, 0.5) is 0 Å². The van der Waals surface area contributed by atoms with Crippen LogP contribution in [0.15, 0.2) is 58.1 Å². The van der Waals surface area contributed by atoms with E-state index in [9.17, 15) is 4.79 Å². The molecule has 1 amide bonds. The van der Waals surface area contributed by atoms with Gasteiger partial charge in [0.2, 0.25) is 0 Å². The van der Waals surface area contributed by atoms with Gasteiger partial charge in [0.15, 0.2) is 0 Å². The van der Waals surface area contributed by atoms with E-state index in [1.54, 1.807) is 6.21 Å². The van der Waals surface area contributed by atoms with Crippen molar-refractivity contribution in [3.63, 3.8) is 0 Å². The quantitative estimate of drug-likeness (QED) is 0.436. The number of carbonyl (C=O) groups is 1. The molecule has 5 nitrogen and oxygen atoms in total. The Morgan fingerprint density at radius 2 is 1.96 bits per heavy atom. The molecule has 0 aliphatic heterocycles. The fraction of sp³-hybridized carbons (Fsp3) is 0.150. The third-order valence-electron chi connectivity index (χ3n) is 3.71.